The van der Waals surface area contributed by atoms with Crippen LogP contribution in [0.15, 0.2) is 0 Å². The summed E-state index contributed by atoms with van der Waals surface area (Å²) in [5.74, 6) is 0. The first-order valence-electron chi connectivity index (χ1n) is 7.49. The molecule has 1 aliphatic carbocycles. The molecule has 0 aromatic carbocycles. The number of urea groups is 1. The number of nitrogens with one attached hydrogen (secondary N) is 1. The van der Waals surface area contributed by atoms with Crippen LogP contribution in [0.1, 0.15) is 38.5 Å². The number of rotatable bonds is 4. The van der Waals surface area contributed by atoms with Gasteiger partial charge < -0.3 is 20.9 Å². The van der Waals surface area contributed by atoms with Crippen LogP contribution in [0.5, 0.6) is 0 Å². The number of carbonyl (C=O) groups is 1. The Morgan fingerprint density at radius 2 is 1.89 bits per heavy atom. The van der Waals surface area contributed by atoms with Crippen LogP contribution >= 0.6 is 0 Å². The largest absolute Gasteiger partial charge is 0.351 e. The molecular weight excluding hydrogens is 240 g/mol. The standard InChI is InChI=1S/C14H28N4O/c1-17(2)14(7-3-4-8-14)11-16-12-5-9-18(10-6-12)13(15)19/h12,16H,3-11H2,1-2H3,(H2,15,19). The monoisotopic (exact) mass is 268 g/mol. The summed E-state index contributed by atoms with van der Waals surface area (Å²) < 4.78 is 0. The van der Waals surface area contributed by atoms with Crippen LogP contribution in [0, 0.1) is 0 Å². The second-order valence-electron chi connectivity index (χ2n) is 6.31. The van der Waals surface area contributed by atoms with E-state index >= 15 is 0 Å². The second kappa shape index (κ2) is 6.09. The fourth-order valence-corrected chi connectivity index (χ4v) is 3.45. The van der Waals surface area contributed by atoms with Crippen LogP contribution in [-0.4, -0.2) is 61.1 Å². The zero-order valence-corrected chi connectivity index (χ0v) is 12.3. The van der Waals surface area contributed by atoms with E-state index in [-0.39, 0.29) is 6.03 Å². The summed E-state index contributed by atoms with van der Waals surface area (Å²) in [6, 6.07) is 0.257. The number of likely N-dealkylation sites (N-methyl/N-ethyl adjacent to an activating group) is 1. The molecule has 1 heterocycles. The first-order valence-corrected chi connectivity index (χ1v) is 7.49. The van der Waals surface area contributed by atoms with Crippen LogP contribution in [0.2, 0.25) is 0 Å². The molecule has 2 amide bonds. The van der Waals surface area contributed by atoms with Gasteiger partial charge in [0.15, 0.2) is 0 Å². The molecule has 1 aliphatic heterocycles. The Morgan fingerprint density at radius 3 is 2.37 bits per heavy atom. The summed E-state index contributed by atoms with van der Waals surface area (Å²) in [4.78, 5) is 15.2. The Labute approximate surface area is 116 Å². The molecule has 0 radical (unpaired) electrons. The number of primary amides is 1. The zero-order valence-electron chi connectivity index (χ0n) is 12.3. The molecule has 1 saturated heterocycles. The minimum Gasteiger partial charge on any atom is -0.351 e. The maximum Gasteiger partial charge on any atom is 0.314 e. The number of amides is 2. The third-order valence-corrected chi connectivity index (χ3v) is 5.01. The molecule has 0 bridgehead atoms. The Kier molecular flexibility index (Phi) is 4.68. The summed E-state index contributed by atoms with van der Waals surface area (Å²) >= 11 is 0. The number of hydrogen-bond acceptors (Lipinski definition) is 3. The van der Waals surface area contributed by atoms with Crippen LogP contribution in [0.25, 0.3) is 0 Å². The predicted octanol–water partition coefficient (Wildman–Crippen LogP) is 0.994. The number of nitrogens with two attached hydrogens (primary N) is 1. The van der Waals surface area contributed by atoms with Gasteiger partial charge in [0.25, 0.3) is 0 Å². The van der Waals surface area contributed by atoms with Crippen molar-refractivity contribution in [2.24, 2.45) is 5.73 Å². The first kappa shape index (κ1) is 14.6. The number of piperidine rings is 1. The van der Waals surface area contributed by atoms with Gasteiger partial charge in [-0.05, 0) is 39.8 Å². The van der Waals surface area contributed by atoms with Gasteiger partial charge in [-0.3, -0.25) is 0 Å². The maximum atomic E-state index is 11.1. The van der Waals surface area contributed by atoms with E-state index in [9.17, 15) is 4.79 Å². The van der Waals surface area contributed by atoms with Gasteiger partial charge >= 0.3 is 6.03 Å². The van der Waals surface area contributed by atoms with Gasteiger partial charge in [0.05, 0.1) is 0 Å². The van der Waals surface area contributed by atoms with Gasteiger partial charge in [-0.25, -0.2) is 4.79 Å². The SMILES string of the molecule is CN(C)C1(CNC2CCN(C(N)=O)CC2)CCCC1. The minimum absolute atomic E-state index is 0.279. The predicted molar refractivity (Wildman–Crippen MR) is 77.1 cm³/mol. The molecule has 2 aliphatic rings. The van der Waals surface area contributed by atoms with Gasteiger partial charge in [-0.1, -0.05) is 12.8 Å². The number of likely N-dealkylation sites (tertiary alicyclic amines) is 1. The Balaban J connectivity index is 1.78. The van der Waals surface area contributed by atoms with E-state index in [4.69, 9.17) is 5.73 Å². The van der Waals surface area contributed by atoms with E-state index in [2.05, 4.69) is 24.3 Å². The lowest BCUT2D eigenvalue weighted by Gasteiger charge is -2.39. The summed E-state index contributed by atoms with van der Waals surface area (Å²) in [5, 5.41) is 3.72. The fraction of sp³-hybridized carbons (Fsp3) is 0.929. The van der Waals surface area contributed by atoms with Crippen molar-refractivity contribution in [2.45, 2.75) is 50.1 Å². The molecule has 2 rings (SSSR count). The van der Waals surface area contributed by atoms with E-state index in [1.807, 2.05) is 0 Å². The first-order chi connectivity index (χ1) is 9.03. The molecule has 1 saturated carbocycles. The number of hydrogen-bond donors (Lipinski definition) is 2. The van der Waals surface area contributed by atoms with E-state index < -0.39 is 0 Å². The highest BCUT2D eigenvalue weighted by Gasteiger charge is 2.36. The van der Waals surface area contributed by atoms with E-state index in [0.717, 1.165) is 32.5 Å². The van der Waals surface area contributed by atoms with Gasteiger partial charge in [0.1, 0.15) is 0 Å². The third kappa shape index (κ3) is 3.39. The number of nitrogens with zero attached hydrogens (tertiary/aromatic N) is 2. The smallest absolute Gasteiger partial charge is 0.314 e. The van der Waals surface area contributed by atoms with E-state index in [0.29, 0.717) is 11.6 Å². The molecule has 2 fully saturated rings. The molecule has 0 spiro atoms. The second-order valence-corrected chi connectivity index (χ2v) is 6.31. The average molecular weight is 268 g/mol. The molecule has 19 heavy (non-hydrogen) atoms. The van der Waals surface area contributed by atoms with Gasteiger partial charge in [0, 0.05) is 31.2 Å². The zero-order chi connectivity index (χ0) is 13.9. The summed E-state index contributed by atoms with van der Waals surface area (Å²) in [6.45, 7) is 2.66. The van der Waals surface area contributed by atoms with Crippen LogP contribution in [-0.2, 0) is 0 Å². The van der Waals surface area contributed by atoms with Crippen molar-refractivity contribution in [3.8, 4) is 0 Å². The van der Waals surface area contributed by atoms with Gasteiger partial charge in [-0.15, -0.1) is 0 Å². The Hall–Kier alpha value is -0.810. The lowest BCUT2D eigenvalue weighted by atomic mass is 9.94. The highest BCUT2D eigenvalue weighted by atomic mass is 16.2. The summed E-state index contributed by atoms with van der Waals surface area (Å²) in [6.07, 6.45) is 7.33. The van der Waals surface area contributed by atoms with Gasteiger partial charge in [0.2, 0.25) is 0 Å². The van der Waals surface area contributed by atoms with Crippen LogP contribution in [0.3, 0.4) is 0 Å². The summed E-state index contributed by atoms with van der Waals surface area (Å²) in [5.41, 5.74) is 5.65. The highest BCUT2D eigenvalue weighted by Crippen LogP contribution is 2.33. The molecule has 110 valence electrons. The highest BCUT2D eigenvalue weighted by molar-refractivity contribution is 5.72. The molecule has 5 nitrogen and oxygen atoms in total. The van der Waals surface area contributed by atoms with Crippen molar-refractivity contribution >= 4 is 6.03 Å². The quantitative estimate of drug-likeness (QED) is 0.799. The Bertz CT molecular complexity index is 305. The average Bonchev–Trinajstić information content (AvgIpc) is 2.87. The topological polar surface area (TPSA) is 61.6 Å². The maximum absolute atomic E-state index is 11.1. The molecule has 3 N–H and O–H groups in total. The summed E-state index contributed by atoms with van der Waals surface area (Å²) in [7, 11) is 4.39. The molecular formula is C14H28N4O. The lowest BCUT2D eigenvalue weighted by molar-refractivity contribution is 0.138. The van der Waals surface area contributed by atoms with Crippen molar-refractivity contribution in [1.82, 2.24) is 15.1 Å². The van der Waals surface area contributed by atoms with Gasteiger partial charge in [-0.2, -0.15) is 0 Å². The molecule has 5 heteroatoms. The lowest BCUT2D eigenvalue weighted by Crippen LogP contribution is -2.54. The molecule has 0 atom stereocenters. The van der Waals surface area contributed by atoms with Crippen molar-refractivity contribution in [3.63, 3.8) is 0 Å². The fourth-order valence-electron chi connectivity index (χ4n) is 3.45. The van der Waals surface area contributed by atoms with Crippen LogP contribution < -0.4 is 11.1 Å². The molecule has 0 unspecified atom stereocenters. The van der Waals surface area contributed by atoms with E-state index in [1.165, 1.54) is 25.7 Å². The normalized spacial score (nSPS) is 24.1. The van der Waals surface area contributed by atoms with Crippen molar-refractivity contribution in [1.29, 1.82) is 0 Å². The van der Waals surface area contributed by atoms with Crippen molar-refractivity contribution in [3.05, 3.63) is 0 Å². The number of carbonyl (C=O) groups excluding carboxylic acids is 1. The minimum atomic E-state index is -0.279. The molecule has 0 aromatic heterocycles. The molecule has 0 aromatic rings. The Morgan fingerprint density at radius 1 is 1.32 bits per heavy atom. The van der Waals surface area contributed by atoms with Crippen molar-refractivity contribution in [2.75, 3.05) is 33.7 Å². The van der Waals surface area contributed by atoms with Crippen LogP contribution in [0.4, 0.5) is 4.79 Å². The van der Waals surface area contributed by atoms with E-state index in [1.54, 1.807) is 4.90 Å². The third-order valence-electron chi connectivity index (χ3n) is 5.01. The van der Waals surface area contributed by atoms with Crippen molar-refractivity contribution < 1.29 is 4.79 Å².